The molecule has 1 saturated carbocycles. The van der Waals surface area contributed by atoms with Crippen molar-refractivity contribution in [2.24, 2.45) is 5.92 Å². The third kappa shape index (κ3) is 3.28. The van der Waals surface area contributed by atoms with Crippen molar-refractivity contribution in [3.8, 4) is 11.5 Å². The third-order valence-electron chi connectivity index (χ3n) is 4.37. The maximum atomic E-state index is 12.8. The SMILES string of the molecule is O=S(=O)(N[C@H](c1cccs1)C1CC(O)C1)c1ccc(-c2ccn[nH]2)o1. The van der Waals surface area contributed by atoms with Gasteiger partial charge >= 0.3 is 0 Å². The monoisotopic (exact) mass is 379 g/mol. The third-order valence-corrected chi connectivity index (χ3v) is 6.63. The van der Waals surface area contributed by atoms with Crippen LogP contribution in [0.25, 0.3) is 11.5 Å². The molecular weight excluding hydrogens is 362 g/mol. The average Bonchev–Trinajstić information content (AvgIpc) is 3.31. The van der Waals surface area contributed by atoms with Crippen LogP contribution in [-0.2, 0) is 10.0 Å². The molecule has 1 aliphatic rings. The fourth-order valence-corrected chi connectivity index (χ4v) is 5.15. The summed E-state index contributed by atoms with van der Waals surface area (Å²) in [7, 11) is -3.82. The molecule has 3 N–H and O–H groups in total. The Morgan fingerprint density at radius 3 is 2.80 bits per heavy atom. The van der Waals surface area contributed by atoms with E-state index in [-0.39, 0.29) is 23.2 Å². The van der Waals surface area contributed by atoms with Crippen molar-refractivity contribution in [3.05, 3.63) is 46.8 Å². The Hall–Kier alpha value is -1.94. The molecule has 0 aromatic carbocycles. The molecule has 0 unspecified atom stereocenters. The second-order valence-electron chi connectivity index (χ2n) is 6.09. The second kappa shape index (κ2) is 6.41. The van der Waals surface area contributed by atoms with Crippen LogP contribution in [-0.4, -0.2) is 29.8 Å². The molecule has 1 aliphatic carbocycles. The minimum atomic E-state index is -3.82. The number of rotatable bonds is 6. The van der Waals surface area contributed by atoms with Crippen molar-refractivity contribution in [3.63, 3.8) is 0 Å². The summed E-state index contributed by atoms with van der Waals surface area (Å²) in [6, 6.07) is 8.15. The molecule has 0 amide bonds. The molecular formula is C16H17N3O4S2. The summed E-state index contributed by atoms with van der Waals surface area (Å²) in [6.45, 7) is 0. The number of thiophene rings is 1. The van der Waals surface area contributed by atoms with Gasteiger partial charge in [0, 0.05) is 11.1 Å². The molecule has 3 aromatic heterocycles. The van der Waals surface area contributed by atoms with Gasteiger partial charge in [0.25, 0.3) is 10.0 Å². The lowest BCUT2D eigenvalue weighted by Gasteiger charge is -2.37. The lowest BCUT2D eigenvalue weighted by Crippen LogP contribution is -2.41. The van der Waals surface area contributed by atoms with Gasteiger partial charge in [0.05, 0.1) is 12.1 Å². The van der Waals surface area contributed by atoms with Crippen LogP contribution < -0.4 is 4.72 Å². The number of nitrogens with zero attached hydrogens (tertiary/aromatic N) is 1. The molecule has 0 aliphatic heterocycles. The lowest BCUT2D eigenvalue weighted by molar-refractivity contribution is 0.0285. The van der Waals surface area contributed by atoms with Gasteiger partial charge < -0.3 is 9.52 Å². The van der Waals surface area contributed by atoms with Gasteiger partial charge in [-0.2, -0.15) is 9.82 Å². The highest BCUT2D eigenvalue weighted by atomic mass is 32.2. The predicted molar refractivity (Wildman–Crippen MR) is 92.4 cm³/mol. The molecule has 0 saturated heterocycles. The Balaban J connectivity index is 1.59. The number of aromatic nitrogens is 2. The van der Waals surface area contributed by atoms with Gasteiger partial charge in [-0.25, -0.2) is 8.42 Å². The summed E-state index contributed by atoms with van der Waals surface area (Å²) in [5.41, 5.74) is 0.610. The van der Waals surface area contributed by atoms with E-state index in [1.807, 2.05) is 17.5 Å². The van der Waals surface area contributed by atoms with Crippen molar-refractivity contribution < 1.29 is 17.9 Å². The number of aromatic amines is 1. The number of aliphatic hydroxyl groups is 1. The van der Waals surface area contributed by atoms with Gasteiger partial charge in [0.2, 0.25) is 5.09 Å². The van der Waals surface area contributed by atoms with Crippen LogP contribution >= 0.6 is 11.3 Å². The molecule has 1 fully saturated rings. The highest BCUT2D eigenvalue weighted by molar-refractivity contribution is 7.89. The summed E-state index contributed by atoms with van der Waals surface area (Å²) in [5.74, 6) is 0.482. The molecule has 4 rings (SSSR count). The van der Waals surface area contributed by atoms with Gasteiger partial charge in [-0.05, 0) is 48.4 Å². The van der Waals surface area contributed by atoms with Crippen LogP contribution in [0.1, 0.15) is 23.8 Å². The van der Waals surface area contributed by atoms with E-state index < -0.39 is 10.0 Å². The van der Waals surface area contributed by atoms with Crippen LogP contribution in [0.2, 0.25) is 0 Å². The van der Waals surface area contributed by atoms with Crippen LogP contribution in [0.4, 0.5) is 0 Å². The smallest absolute Gasteiger partial charge is 0.274 e. The number of hydrogen-bond acceptors (Lipinski definition) is 6. The van der Waals surface area contributed by atoms with Crippen LogP contribution in [0, 0.1) is 5.92 Å². The van der Waals surface area contributed by atoms with E-state index >= 15 is 0 Å². The fourth-order valence-electron chi connectivity index (χ4n) is 2.98. The highest BCUT2D eigenvalue weighted by Gasteiger charge is 2.38. The van der Waals surface area contributed by atoms with Crippen LogP contribution in [0.5, 0.6) is 0 Å². The summed E-state index contributed by atoms with van der Waals surface area (Å²) >= 11 is 1.50. The Bertz CT molecular complexity index is 926. The van der Waals surface area contributed by atoms with Gasteiger partial charge in [0.1, 0.15) is 5.69 Å². The molecule has 0 radical (unpaired) electrons. The fraction of sp³-hybridized carbons (Fsp3) is 0.312. The van der Waals surface area contributed by atoms with Crippen molar-refractivity contribution in [1.29, 1.82) is 0 Å². The summed E-state index contributed by atoms with van der Waals surface area (Å²) in [6.07, 6.45) is 2.39. The van der Waals surface area contributed by atoms with E-state index in [9.17, 15) is 13.5 Å². The number of H-pyrrole nitrogens is 1. The molecule has 132 valence electrons. The Morgan fingerprint density at radius 2 is 2.16 bits per heavy atom. The first kappa shape index (κ1) is 16.5. The summed E-state index contributed by atoms with van der Waals surface area (Å²) in [4.78, 5) is 0.931. The zero-order valence-corrected chi connectivity index (χ0v) is 14.8. The van der Waals surface area contributed by atoms with Crippen molar-refractivity contribution in [1.82, 2.24) is 14.9 Å². The molecule has 3 aromatic rings. The zero-order chi connectivity index (χ0) is 17.4. The van der Waals surface area contributed by atoms with E-state index in [1.165, 1.54) is 17.4 Å². The topological polar surface area (TPSA) is 108 Å². The normalized spacial score (nSPS) is 21.8. The molecule has 1 atom stereocenters. The maximum Gasteiger partial charge on any atom is 0.274 e. The minimum Gasteiger partial charge on any atom is -0.442 e. The van der Waals surface area contributed by atoms with Gasteiger partial charge in [-0.3, -0.25) is 5.10 Å². The predicted octanol–water partition coefficient (Wildman–Crippen LogP) is 2.52. The Morgan fingerprint density at radius 1 is 1.32 bits per heavy atom. The van der Waals surface area contributed by atoms with Gasteiger partial charge in [-0.1, -0.05) is 6.07 Å². The van der Waals surface area contributed by atoms with E-state index in [4.69, 9.17) is 4.42 Å². The molecule has 0 spiro atoms. The van der Waals surface area contributed by atoms with E-state index in [0.29, 0.717) is 24.3 Å². The van der Waals surface area contributed by atoms with Crippen LogP contribution in [0.15, 0.2) is 51.4 Å². The minimum absolute atomic E-state index is 0.0745. The molecule has 7 nitrogen and oxygen atoms in total. The first-order valence-electron chi connectivity index (χ1n) is 7.86. The van der Waals surface area contributed by atoms with Crippen molar-refractivity contribution >= 4 is 21.4 Å². The number of nitrogens with one attached hydrogen (secondary N) is 2. The number of sulfonamides is 1. The standard InChI is InChI=1S/C16H17N3O4S2/c20-11-8-10(9-11)16(14-2-1-7-24-14)19-25(21,22)15-4-3-13(23-15)12-5-6-17-18-12/h1-7,10-11,16,19-20H,8-9H2,(H,17,18)/t10?,11?,16-/m0/s1. The zero-order valence-electron chi connectivity index (χ0n) is 13.1. The molecule has 3 heterocycles. The first-order valence-corrected chi connectivity index (χ1v) is 10.2. The molecule has 9 heteroatoms. The molecule has 0 bridgehead atoms. The van der Waals surface area contributed by atoms with Gasteiger partial charge in [0.15, 0.2) is 5.76 Å². The Labute approximate surface area is 148 Å². The van der Waals surface area contributed by atoms with E-state index in [1.54, 1.807) is 18.3 Å². The van der Waals surface area contributed by atoms with Crippen molar-refractivity contribution in [2.75, 3.05) is 0 Å². The molecule has 25 heavy (non-hydrogen) atoms. The first-order chi connectivity index (χ1) is 12.0. The van der Waals surface area contributed by atoms with E-state index in [2.05, 4.69) is 14.9 Å². The summed E-state index contributed by atoms with van der Waals surface area (Å²) < 4.78 is 33.8. The largest absolute Gasteiger partial charge is 0.442 e. The number of aliphatic hydroxyl groups excluding tert-OH is 1. The van der Waals surface area contributed by atoms with Crippen molar-refractivity contribution in [2.45, 2.75) is 30.1 Å². The second-order valence-corrected chi connectivity index (χ2v) is 8.71. The van der Waals surface area contributed by atoms with Gasteiger partial charge in [-0.15, -0.1) is 11.3 Å². The quantitative estimate of drug-likeness (QED) is 0.610. The number of hydrogen-bond donors (Lipinski definition) is 3. The summed E-state index contributed by atoms with van der Waals surface area (Å²) in [5, 5.41) is 17.9. The lowest BCUT2D eigenvalue weighted by atomic mass is 9.77. The van der Waals surface area contributed by atoms with E-state index in [0.717, 1.165) is 4.88 Å². The Kier molecular flexibility index (Phi) is 4.24. The maximum absolute atomic E-state index is 12.8. The number of furan rings is 1. The average molecular weight is 379 g/mol. The highest BCUT2D eigenvalue weighted by Crippen LogP contribution is 2.40. The van der Waals surface area contributed by atoms with Crippen LogP contribution in [0.3, 0.4) is 0 Å².